The Morgan fingerprint density at radius 2 is 1.92 bits per heavy atom. The Kier molecular flexibility index (Phi) is 6.32. The molecular formula is C26H26N6O4. The van der Waals surface area contributed by atoms with E-state index >= 15 is 0 Å². The van der Waals surface area contributed by atoms with Crippen LogP contribution in [0.5, 0.6) is 0 Å². The van der Waals surface area contributed by atoms with Gasteiger partial charge in [0.25, 0.3) is 11.8 Å². The molecule has 0 spiro atoms. The predicted molar refractivity (Wildman–Crippen MR) is 132 cm³/mol. The topological polar surface area (TPSA) is 144 Å². The first-order chi connectivity index (χ1) is 17.4. The number of allylic oxidation sites excluding steroid dienone is 1. The van der Waals surface area contributed by atoms with Gasteiger partial charge in [-0.25, -0.2) is 0 Å². The van der Waals surface area contributed by atoms with Crippen LogP contribution in [0.4, 0.5) is 5.69 Å². The fraction of sp³-hybridized carbons (Fsp3) is 0.308. The molecule has 2 aliphatic heterocycles. The van der Waals surface area contributed by atoms with Gasteiger partial charge in [0.1, 0.15) is 6.04 Å². The summed E-state index contributed by atoms with van der Waals surface area (Å²) in [4.78, 5) is 54.7. The van der Waals surface area contributed by atoms with E-state index in [2.05, 4.69) is 20.9 Å². The molecule has 1 saturated carbocycles. The van der Waals surface area contributed by atoms with E-state index in [1.807, 2.05) is 24.4 Å². The molecule has 1 unspecified atom stereocenters. The van der Waals surface area contributed by atoms with Gasteiger partial charge in [-0.2, -0.15) is 0 Å². The van der Waals surface area contributed by atoms with E-state index in [0.717, 1.165) is 41.2 Å². The molecule has 10 heteroatoms. The summed E-state index contributed by atoms with van der Waals surface area (Å²) in [6.45, 7) is 0.720. The number of carbonyl (C=O) groups is 4. The van der Waals surface area contributed by atoms with Crippen LogP contribution in [-0.2, 0) is 9.59 Å². The van der Waals surface area contributed by atoms with E-state index in [1.54, 1.807) is 24.4 Å². The number of nitrogens with zero attached hydrogens (tertiary/aromatic N) is 2. The van der Waals surface area contributed by atoms with Crippen molar-refractivity contribution < 1.29 is 19.2 Å². The van der Waals surface area contributed by atoms with Crippen LogP contribution < -0.4 is 16.0 Å². The molecule has 0 bridgehead atoms. The maximum absolute atomic E-state index is 13.0. The van der Waals surface area contributed by atoms with Gasteiger partial charge in [-0.15, -0.1) is 0 Å². The molecule has 10 nitrogen and oxygen atoms in total. The number of hydrogen-bond acceptors (Lipinski definition) is 8. The van der Waals surface area contributed by atoms with Crippen LogP contribution in [-0.4, -0.2) is 58.4 Å². The van der Waals surface area contributed by atoms with Gasteiger partial charge in [0.15, 0.2) is 0 Å². The lowest BCUT2D eigenvalue weighted by molar-refractivity contribution is -0.136. The van der Waals surface area contributed by atoms with Crippen LogP contribution in [0.15, 0.2) is 48.8 Å². The van der Waals surface area contributed by atoms with Crippen LogP contribution in [0.25, 0.3) is 5.57 Å². The van der Waals surface area contributed by atoms with Crippen LogP contribution >= 0.6 is 0 Å². The van der Waals surface area contributed by atoms with Gasteiger partial charge in [0.05, 0.1) is 16.8 Å². The molecule has 36 heavy (non-hydrogen) atoms. The van der Waals surface area contributed by atoms with Gasteiger partial charge in [0, 0.05) is 48.9 Å². The first-order valence-corrected chi connectivity index (χ1v) is 11.9. The zero-order valence-electron chi connectivity index (χ0n) is 19.5. The van der Waals surface area contributed by atoms with E-state index in [-0.39, 0.29) is 24.0 Å². The van der Waals surface area contributed by atoms with Crippen molar-refractivity contribution in [3.8, 4) is 0 Å². The van der Waals surface area contributed by atoms with Crippen LogP contribution in [0, 0.1) is 11.3 Å². The van der Waals surface area contributed by atoms with E-state index < -0.39 is 29.7 Å². The van der Waals surface area contributed by atoms with Gasteiger partial charge >= 0.3 is 0 Å². The monoisotopic (exact) mass is 486 g/mol. The Morgan fingerprint density at radius 3 is 2.64 bits per heavy atom. The summed E-state index contributed by atoms with van der Waals surface area (Å²) in [5.41, 5.74) is 2.74. The van der Waals surface area contributed by atoms with Crippen molar-refractivity contribution >= 4 is 41.1 Å². The highest BCUT2D eigenvalue weighted by Gasteiger charge is 2.44. The highest BCUT2D eigenvalue weighted by atomic mass is 16.2. The van der Waals surface area contributed by atoms with Crippen LogP contribution in [0.1, 0.15) is 52.1 Å². The normalized spacial score (nSPS) is 23.6. The van der Waals surface area contributed by atoms with E-state index in [9.17, 15) is 19.2 Å². The minimum absolute atomic E-state index is 0.0927. The second-order valence-corrected chi connectivity index (χ2v) is 9.25. The lowest BCUT2D eigenvalue weighted by atomic mass is 9.80. The number of nitrogens with one attached hydrogen (secondary N) is 4. The number of anilines is 1. The third-order valence-electron chi connectivity index (χ3n) is 6.86. The second kappa shape index (κ2) is 9.73. The van der Waals surface area contributed by atoms with E-state index in [1.165, 1.54) is 6.21 Å². The average Bonchev–Trinajstić information content (AvgIpc) is 3.10. The van der Waals surface area contributed by atoms with Crippen molar-refractivity contribution in [3.63, 3.8) is 0 Å². The van der Waals surface area contributed by atoms with Gasteiger partial charge in [0.2, 0.25) is 11.8 Å². The van der Waals surface area contributed by atoms with Crippen molar-refractivity contribution in [1.29, 1.82) is 5.41 Å². The van der Waals surface area contributed by atoms with Crippen molar-refractivity contribution in [1.82, 2.24) is 20.5 Å². The Morgan fingerprint density at radius 1 is 1.11 bits per heavy atom. The van der Waals surface area contributed by atoms with Gasteiger partial charge in [-0.05, 0) is 55.5 Å². The Hall–Kier alpha value is -4.34. The summed E-state index contributed by atoms with van der Waals surface area (Å²) < 4.78 is 0. The molecule has 1 saturated heterocycles. The molecule has 4 N–H and O–H groups in total. The molecule has 3 aliphatic rings. The SMILES string of the molecule is N=C/C(=C\NC1CC(CNc2ccc3c(c2)C(=O)N(C2CCC(=O)NC2=O)C3=O)C1)c1ccccn1. The molecule has 4 amide bonds. The lowest BCUT2D eigenvalue weighted by Gasteiger charge is -2.36. The number of piperidine rings is 1. The highest BCUT2D eigenvalue weighted by Crippen LogP contribution is 2.31. The molecule has 1 aliphatic carbocycles. The summed E-state index contributed by atoms with van der Waals surface area (Å²) in [6.07, 6.45) is 6.97. The quantitative estimate of drug-likeness (QED) is 0.330. The first kappa shape index (κ1) is 23.4. The Balaban J connectivity index is 1.15. The zero-order chi connectivity index (χ0) is 25.2. The fourth-order valence-corrected chi connectivity index (χ4v) is 4.81. The van der Waals surface area contributed by atoms with Crippen LogP contribution in [0.2, 0.25) is 0 Å². The number of pyridine rings is 1. The minimum Gasteiger partial charge on any atom is -0.388 e. The molecule has 1 atom stereocenters. The Bertz CT molecular complexity index is 1270. The fourth-order valence-electron chi connectivity index (χ4n) is 4.81. The smallest absolute Gasteiger partial charge is 0.262 e. The maximum atomic E-state index is 13.0. The number of amides is 4. The summed E-state index contributed by atoms with van der Waals surface area (Å²) in [5.74, 6) is -1.59. The first-order valence-electron chi connectivity index (χ1n) is 11.9. The molecule has 3 heterocycles. The number of fused-ring (bicyclic) bond motifs is 1. The third kappa shape index (κ3) is 4.49. The second-order valence-electron chi connectivity index (χ2n) is 9.25. The molecule has 1 aromatic heterocycles. The molecule has 0 radical (unpaired) electrons. The van der Waals surface area contributed by atoms with Gasteiger partial charge < -0.3 is 16.0 Å². The maximum Gasteiger partial charge on any atom is 0.262 e. The van der Waals surface area contributed by atoms with Crippen LogP contribution in [0.3, 0.4) is 0 Å². The van der Waals surface area contributed by atoms with E-state index in [4.69, 9.17) is 5.41 Å². The zero-order valence-corrected chi connectivity index (χ0v) is 19.5. The molecule has 1 aromatic carbocycles. The summed E-state index contributed by atoms with van der Waals surface area (Å²) >= 11 is 0. The largest absolute Gasteiger partial charge is 0.388 e. The number of carbonyl (C=O) groups excluding carboxylic acids is 4. The Labute approximate surface area is 207 Å². The molecule has 184 valence electrons. The summed E-state index contributed by atoms with van der Waals surface area (Å²) in [6, 6.07) is 9.97. The van der Waals surface area contributed by atoms with Gasteiger partial charge in [-0.1, -0.05) is 6.07 Å². The summed E-state index contributed by atoms with van der Waals surface area (Å²) in [5, 5.41) is 16.5. The number of imide groups is 2. The van der Waals surface area contributed by atoms with Crippen molar-refractivity contribution in [2.45, 2.75) is 37.8 Å². The van der Waals surface area contributed by atoms with Crippen molar-refractivity contribution in [2.24, 2.45) is 5.92 Å². The number of aromatic nitrogens is 1. The van der Waals surface area contributed by atoms with E-state index in [0.29, 0.717) is 12.0 Å². The van der Waals surface area contributed by atoms with Crippen molar-refractivity contribution in [3.05, 3.63) is 65.6 Å². The number of rotatable bonds is 8. The number of benzene rings is 1. The number of hydrogen-bond donors (Lipinski definition) is 4. The molecule has 2 aromatic rings. The molecular weight excluding hydrogens is 460 g/mol. The highest BCUT2D eigenvalue weighted by molar-refractivity contribution is 6.23. The minimum atomic E-state index is -0.967. The third-order valence-corrected chi connectivity index (χ3v) is 6.86. The van der Waals surface area contributed by atoms with Gasteiger partial charge in [-0.3, -0.25) is 34.4 Å². The lowest BCUT2D eigenvalue weighted by Crippen LogP contribution is -2.54. The van der Waals surface area contributed by atoms with Crippen molar-refractivity contribution in [2.75, 3.05) is 11.9 Å². The summed E-state index contributed by atoms with van der Waals surface area (Å²) in [7, 11) is 0. The predicted octanol–water partition coefficient (Wildman–Crippen LogP) is 1.95. The average molecular weight is 487 g/mol. The standard InChI is InChI=1S/C26H26N6O4/c27-12-16(21-3-1-2-8-28-21)14-30-18-9-15(10-18)13-29-17-4-5-19-20(11-17)26(36)32(25(19)35)22-6-7-23(33)31-24(22)34/h1-5,8,11-12,14-15,18,22,27,29-30H,6-7,9-10,13H2,(H,31,33,34)/b16-14+,27-12?. The molecule has 2 fully saturated rings. The molecule has 5 rings (SSSR count).